The Labute approximate surface area is 146 Å². The molecule has 2 aromatic rings. The summed E-state index contributed by atoms with van der Waals surface area (Å²) in [4.78, 5) is 0.121. The quantitative estimate of drug-likeness (QED) is 0.796. The van der Waals surface area contributed by atoms with E-state index < -0.39 is 10.0 Å². The fraction of sp³-hybridized carbons (Fsp3) is 0.294. The Balaban J connectivity index is 2.42. The van der Waals surface area contributed by atoms with Gasteiger partial charge in [-0.3, -0.25) is 0 Å². The highest BCUT2D eigenvalue weighted by molar-refractivity contribution is 9.10. The topological polar surface area (TPSA) is 55.4 Å². The van der Waals surface area contributed by atoms with Crippen molar-refractivity contribution < 1.29 is 13.2 Å². The molecule has 23 heavy (non-hydrogen) atoms. The van der Waals surface area contributed by atoms with Crippen molar-refractivity contribution in [2.24, 2.45) is 5.92 Å². The Morgan fingerprint density at radius 2 is 1.74 bits per heavy atom. The molecule has 1 atom stereocenters. The lowest BCUT2D eigenvalue weighted by Crippen LogP contribution is -2.32. The number of ether oxygens (including phenoxy) is 1. The first kappa shape index (κ1) is 18.0. The number of hydrogen-bond acceptors (Lipinski definition) is 3. The van der Waals surface area contributed by atoms with Gasteiger partial charge in [0, 0.05) is 10.5 Å². The molecule has 0 saturated heterocycles. The number of hydrogen-bond donors (Lipinski definition) is 1. The summed E-state index contributed by atoms with van der Waals surface area (Å²) in [6.45, 7) is 3.97. The lowest BCUT2D eigenvalue weighted by Gasteiger charge is -2.23. The zero-order valence-corrected chi connectivity index (χ0v) is 15.7. The standard InChI is InChI=1S/C17H20BrNO3S/c1-12(2)17(13-7-5-4-6-8-13)19-23(20,21)16-11-14(18)9-10-15(16)22-3/h4-12,17,19H,1-3H3. The third-order valence-electron chi connectivity index (χ3n) is 3.52. The van der Waals surface area contributed by atoms with Crippen LogP contribution in [0.5, 0.6) is 5.75 Å². The van der Waals surface area contributed by atoms with E-state index in [1.807, 2.05) is 44.2 Å². The second kappa shape index (κ2) is 7.47. The van der Waals surface area contributed by atoms with Gasteiger partial charge in [-0.05, 0) is 29.7 Å². The van der Waals surface area contributed by atoms with Crippen molar-refractivity contribution in [3.8, 4) is 5.75 Å². The molecule has 0 amide bonds. The third-order valence-corrected chi connectivity index (χ3v) is 5.48. The fourth-order valence-corrected chi connectivity index (χ4v) is 4.42. The third kappa shape index (κ3) is 4.34. The molecule has 0 aromatic heterocycles. The molecule has 2 rings (SSSR count). The maximum absolute atomic E-state index is 12.8. The minimum atomic E-state index is -3.72. The predicted octanol–water partition coefficient (Wildman–Crippen LogP) is 4.13. The zero-order chi connectivity index (χ0) is 17.0. The normalized spacial score (nSPS) is 13.1. The Morgan fingerprint density at radius 1 is 1.09 bits per heavy atom. The Morgan fingerprint density at radius 3 is 2.30 bits per heavy atom. The lowest BCUT2D eigenvalue weighted by atomic mass is 9.97. The highest BCUT2D eigenvalue weighted by Crippen LogP contribution is 2.30. The number of sulfonamides is 1. The maximum atomic E-state index is 12.8. The first-order chi connectivity index (χ1) is 10.8. The van der Waals surface area contributed by atoms with Crippen molar-refractivity contribution in [2.45, 2.75) is 24.8 Å². The van der Waals surface area contributed by atoms with Crippen LogP contribution in [-0.4, -0.2) is 15.5 Å². The van der Waals surface area contributed by atoms with Crippen LogP contribution in [0.25, 0.3) is 0 Å². The van der Waals surface area contributed by atoms with Crippen LogP contribution >= 0.6 is 15.9 Å². The Bertz CT molecular complexity index is 761. The van der Waals surface area contributed by atoms with Gasteiger partial charge in [0.15, 0.2) is 0 Å². The molecule has 0 spiro atoms. The van der Waals surface area contributed by atoms with Gasteiger partial charge in [0.05, 0.1) is 7.11 Å². The summed E-state index contributed by atoms with van der Waals surface area (Å²) in [7, 11) is -2.27. The van der Waals surface area contributed by atoms with E-state index in [0.717, 1.165) is 5.56 Å². The molecule has 2 aromatic carbocycles. The number of benzene rings is 2. The van der Waals surface area contributed by atoms with Gasteiger partial charge in [0.25, 0.3) is 0 Å². The summed E-state index contributed by atoms with van der Waals surface area (Å²) in [5, 5.41) is 0. The zero-order valence-electron chi connectivity index (χ0n) is 13.3. The predicted molar refractivity (Wildman–Crippen MR) is 95.0 cm³/mol. The van der Waals surface area contributed by atoms with E-state index in [1.165, 1.54) is 7.11 Å². The maximum Gasteiger partial charge on any atom is 0.244 e. The second-order valence-corrected chi connectivity index (χ2v) is 8.15. The summed E-state index contributed by atoms with van der Waals surface area (Å²) >= 11 is 3.31. The van der Waals surface area contributed by atoms with Gasteiger partial charge in [-0.2, -0.15) is 0 Å². The van der Waals surface area contributed by atoms with Crippen LogP contribution in [0.4, 0.5) is 0 Å². The molecule has 0 radical (unpaired) electrons. The SMILES string of the molecule is COc1ccc(Br)cc1S(=O)(=O)NC(c1ccccc1)C(C)C. The molecule has 0 aliphatic rings. The summed E-state index contributed by atoms with van der Waals surface area (Å²) < 4.78 is 34.4. The summed E-state index contributed by atoms with van der Waals surface area (Å²) in [6, 6.07) is 14.2. The first-order valence-corrected chi connectivity index (χ1v) is 9.53. The molecule has 0 aliphatic heterocycles. The van der Waals surface area contributed by atoms with E-state index in [-0.39, 0.29) is 16.9 Å². The molecule has 6 heteroatoms. The van der Waals surface area contributed by atoms with Crippen LogP contribution in [0.3, 0.4) is 0 Å². The van der Waals surface area contributed by atoms with Gasteiger partial charge in [-0.1, -0.05) is 60.1 Å². The van der Waals surface area contributed by atoms with Gasteiger partial charge < -0.3 is 4.74 Å². The minimum absolute atomic E-state index is 0.102. The molecule has 0 aliphatic carbocycles. The van der Waals surface area contributed by atoms with Crippen LogP contribution < -0.4 is 9.46 Å². The van der Waals surface area contributed by atoms with Gasteiger partial charge in [0.1, 0.15) is 10.6 Å². The molecule has 0 fully saturated rings. The highest BCUT2D eigenvalue weighted by atomic mass is 79.9. The van der Waals surface area contributed by atoms with Crippen LogP contribution in [0.1, 0.15) is 25.5 Å². The van der Waals surface area contributed by atoms with E-state index in [4.69, 9.17) is 4.74 Å². The average Bonchev–Trinajstić information content (AvgIpc) is 2.53. The highest BCUT2D eigenvalue weighted by Gasteiger charge is 2.26. The van der Waals surface area contributed by atoms with Crippen LogP contribution in [0.15, 0.2) is 57.9 Å². The lowest BCUT2D eigenvalue weighted by molar-refractivity contribution is 0.400. The van der Waals surface area contributed by atoms with E-state index in [0.29, 0.717) is 10.2 Å². The molecular formula is C17H20BrNO3S. The molecular weight excluding hydrogens is 378 g/mol. The van der Waals surface area contributed by atoms with E-state index in [1.54, 1.807) is 18.2 Å². The van der Waals surface area contributed by atoms with E-state index in [9.17, 15) is 8.42 Å². The van der Waals surface area contributed by atoms with Crippen molar-refractivity contribution in [3.05, 3.63) is 58.6 Å². The molecule has 1 N–H and O–H groups in total. The minimum Gasteiger partial charge on any atom is -0.495 e. The van der Waals surface area contributed by atoms with Crippen LogP contribution in [0, 0.1) is 5.92 Å². The van der Waals surface area contributed by atoms with Gasteiger partial charge in [-0.25, -0.2) is 13.1 Å². The molecule has 0 saturated carbocycles. The largest absolute Gasteiger partial charge is 0.495 e. The summed E-state index contributed by atoms with van der Waals surface area (Å²) in [6.07, 6.45) is 0. The Hall–Kier alpha value is -1.37. The summed E-state index contributed by atoms with van der Waals surface area (Å²) in [5.41, 5.74) is 0.931. The van der Waals surface area contributed by atoms with Crippen LogP contribution in [0.2, 0.25) is 0 Å². The van der Waals surface area contributed by atoms with Crippen molar-refractivity contribution >= 4 is 26.0 Å². The number of methoxy groups -OCH3 is 1. The van der Waals surface area contributed by atoms with Crippen LogP contribution in [-0.2, 0) is 10.0 Å². The van der Waals surface area contributed by atoms with Crippen molar-refractivity contribution in [1.82, 2.24) is 4.72 Å². The average molecular weight is 398 g/mol. The number of halogens is 1. The number of rotatable bonds is 6. The second-order valence-electron chi connectivity index (χ2n) is 5.55. The molecule has 124 valence electrons. The van der Waals surface area contributed by atoms with E-state index in [2.05, 4.69) is 20.7 Å². The first-order valence-electron chi connectivity index (χ1n) is 7.26. The molecule has 1 unspecified atom stereocenters. The van der Waals surface area contributed by atoms with Gasteiger partial charge in [-0.15, -0.1) is 0 Å². The van der Waals surface area contributed by atoms with Crippen molar-refractivity contribution in [3.63, 3.8) is 0 Å². The van der Waals surface area contributed by atoms with Crippen molar-refractivity contribution in [2.75, 3.05) is 7.11 Å². The van der Waals surface area contributed by atoms with E-state index >= 15 is 0 Å². The van der Waals surface area contributed by atoms with Gasteiger partial charge in [0.2, 0.25) is 10.0 Å². The molecule has 4 nitrogen and oxygen atoms in total. The monoisotopic (exact) mass is 397 g/mol. The molecule has 0 heterocycles. The smallest absolute Gasteiger partial charge is 0.244 e. The molecule has 0 bridgehead atoms. The number of nitrogens with one attached hydrogen (secondary N) is 1. The Kier molecular flexibility index (Phi) is 5.84. The fourth-order valence-electron chi connectivity index (χ4n) is 2.34. The summed E-state index contributed by atoms with van der Waals surface area (Å²) in [5.74, 6) is 0.418. The van der Waals surface area contributed by atoms with Crippen molar-refractivity contribution in [1.29, 1.82) is 0 Å². The van der Waals surface area contributed by atoms with Gasteiger partial charge >= 0.3 is 0 Å².